The van der Waals surface area contributed by atoms with Crippen molar-refractivity contribution in [2.75, 3.05) is 11.5 Å². The van der Waals surface area contributed by atoms with Crippen molar-refractivity contribution in [3.8, 4) is 0 Å². The van der Waals surface area contributed by atoms with E-state index < -0.39 is 21.8 Å². The topological polar surface area (TPSA) is 84.7 Å². The summed E-state index contributed by atoms with van der Waals surface area (Å²) in [7, 11) is -3.18. The molecule has 2 aromatic carbocycles. The van der Waals surface area contributed by atoms with E-state index in [1.165, 1.54) is 11.0 Å². The number of sulfone groups is 1. The predicted molar refractivity (Wildman–Crippen MR) is 111 cm³/mol. The van der Waals surface area contributed by atoms with Gasteiger partial charge in [0.1, 0.15) is 5.58 Å². The molecule has 3 aromatic rings. The van der Waals surface area contributed by atoms with Crippen LogP contribution < -0.4 is 5.43 Å². The third-order valence-electron chi connectivity index (χ3n) is 5.20. The van der Waals surface area contributed by atoms with Crippen LogP contribution in [-0.4, -0.2) is 36.8 Å². The molecule has 0 aliphatic carbocycles. The van der Waals surface area contributed by atoms with Crippen LogP contribution in [0.25, 0.3) is 11.0 Å². The molecule has 0 bridgehead atoms. The van der Waals surface area contributed by atoms with Gasteiger partial charge in [-0.15, -0.1) is 0 Å². The molecule has 2 heterocycles. The number of fused-ring (bicyclic) bond motifs is 1. The largest absolute Gasteiger partial charge is 0.451 e. The van der Waals surface area contributed by atoms with Crippen LogP contribution in [0.4, 0.5) is 0 Å². The van der Waals surface area contributed by atoms with Crippen LogP contribution in [0, 0.1) is 6.92 Å². The summed E-state index contributed by atoms with van der Waals surface area (Å²) in [6.45, 7) is 2.12. The van der Waals surface area contributed by atoms with Gasteiger partial charge in [0, 0.05) is 18.7 Å². The monoisotopic (exact) mass is 411 g/mol. The number of carbonyl (C=O) groups is 1. The molecule has 7 heteroatoms. The Morgan fingerprint density at radius 1 is 1.14 bits per heavy atom. The smallest absolute Gasteiger partial charge is 0.290 e. The Bertz CT molecular complexity index is 1230. The molecule has 1 fully saturated rings. The van der Waals surface area contributed by atoms with Gasteiger partial charge in [-0.1, -0.05) is 42.0 Å². The van der Waals surface area contributed by atoms with E-state index in [1.54, 1.807) is 12.1 Å². The zero-order chi connectivity index (χ0) is 20.6. The molecular formula is C22H21NO5S. The van der Waals surface area contributed by atoms with Crippen LogP contribution in [0.15, 0.2) is 63.8 Å². The van der Waals surface area contributed by atoms with Gasteiger partial charge < -0.3 is 9.32 Å². The fourth-order valence-electron chi connectivity index (χ4n) is 3.69. The molecule has 6 nitrogen and oxygen atoms in total. The predicted octanol–water partition coefficient (Wildman–Crippen LogP) is 2.93. The standard InChI is InChI=1S/C22H21NO5S/c1-15-7-8-20-18(11-15)19(24)12-21(28-20)22(25)23(13-16-5-3-2-4-6-16)17-9-10-29(26,27)14-17/h2-8,11-12,17H,9-10,13-14H2,1H3/t17-/m0/s1. The zero-order valence-electron chi connectivity index (χ0n) is 16.0. The van der Waals surface area contributed by atoms with E-state index in [2.05, 4.69) is 0 Å². The van der Waals surface area contributed by atoms with Crippen LogP contribution >= 0.6 is 0 Å². The van der Waals surface area contributed by atoms with Gasteiger partial charge in [-0.2, -0.15) is 0 Å². The molecule has 1 amide bonds. The minimum atomic E-state index is -3.18. The highest BCUT2D eigenvalue weighted by Gasteiger charge is 2.36. The maximum Gasteiger partial charge on any atom is 0.290 e. The molecule has 1 aliphatic heterocycles. The van der Waals surface area contributed by atoms with E-state index in [1.807, 2.05) is 43.3 Å². The van der Waals surface area contributed by atoms with E-state index in [9.17, 15) is 18.0 Å². The second kappa shape index (κ2) is 7.48. The average Bonchev–Trinajstić information content (AvgIpc) is 3.06. The summed E-state index contributed by atoms with van der Waals surface area (Å²) in [5.74, 6) is -0.582. The van der Waals surface area contributed by atoms with E-state index in [-0.39, 0.29) is 29.2 Å². The van der Waals surface area contributed by atoms with E-state index in [4.69, 9.17) is 4.42 Å². The summed E-state index contributed by atoms with van der Waals surface area (Å²) in [5, 5.41) is 0.416. The van der Waals surface area contributed by atoms with Crippen LogP contribution in [0.2, 0.25) is 0 Å². The molecule has 0 unspecified atom stereocenters. The second-order valence-electron chi connectivity index (χ2n) is 7.45. The Hall–Kier alpha value is -2.93. The molecule has 0 N–H and O–H groups in total. The lowest BCUT2D eigenvalue weighted by atomic mass is 10.1. The minimum Gasteiger partial charge on any atom is -0.451 e. The van der Waals surface area contributed by atoms with Crippen molar-refractivity contribution < 1.29 is 17.6 Å². The quantitative estimate of drug-likeness (QED) is 0.659. The fraction of sp³-hybridized carbons (Fsp3) is 0.273. The zero-order valence-corrected chi connectivity index (χ0v) is 16.8. The Kier molecular flexibility index (Phi) is 5.00. The molecule has 1 aliphatic rings. The van der Waals surface area contributed by atoms with Gasteiger partial charge in [0.25, 0.3) is 5.91 Å². The van der Waals surface area contributed by atoms with E-state index in [0.29, 0.717) is 17.4 Å². The van der Waals surface area contributed by atoms with Gasteiger partial charge in [0.05, 0.1) is 16.9 Å². The van der Waals surface area contributed by atoms with Gasteiger partial charge in [-0.3, -0.25) is 9.59 Å². The van der Waals surface area contributed by atoms with E-state index in [0.717, 1.165) is 11.1 Å². The highest BCUT2D eigenvalue weighted by atomic mass is 32.2. The van der Waals surface area contributed by atoms with Gasteiger partial charge in [-0.25, -0.2) is 8.42 Å². The normalized spacial score (nSPS) is 18.0. The minimum absolute atomic E-state index is 0.0528. The van der Waals surface area contributed by atoms with Gasteiger partial charge >= 0.3 is 0 Å². The first-order valence-electron chi connectivity index (χ1n) is 9.42. The number of hydrogen-bond acceptors (Lipinski definition) is 5. The van der Waals surface area contributed by atoms with Crippen molar-refractivity contribution >= 4 is 26.7 Å². The molecule has 1 aromatic heterocycles. The Morgan fingerprint density at radius 3 is 2.59 bits per heavy atom. The number of nitrogens with zero attached hydrogens (tertiary/aromatic N) is 1. The Labute approximate surface area is 168 Å². The number of hydrogen-bond donors (Lipinski definition) is 0. The SMILES string of the molecule is Cc1ccc2oc(C(=O)N(Cc3ccccc3)[C@H]3CCS(=O)(=O)C3)cc(=O)c2c1. The summed E-state index contributed by atoms with van der Waals surface area (Å²) < 4.78 is 29.8. The molecule has 29 heavy (non-hydrogen) atoms. The number of carbonyl (C=O) groups excluding carboxylic acids is 1. The molecule has 4 rings (SSSR count). The Balaban J connectivity index is 1.74. The maximum atomic E-state index is 13.3. The van der Waals surface area contributed by atoms with Crippen LogP contribution in [0.1, 0.15) is 28.1 Å². The van der Waals surface area contributed by atoms with Crippen molar-refractivity contribution in [2.24, 2.45) is 0 Å². The summed E-state index contributed by atoms with van der Waals surface area (Å²) >= 11 is 0. The Morgan fingerprint density at radius 2 is 1.90 bits per heavy atom. The molecular weight excluding hydrogens is 390 g/mol. The maximum absolute atomic E-state index is 13.3. The highest BCUT2D eigenvalue weighted by molar-refractivity contribution is 7.91. The van der Waals surface area contributed by atoms with Crippen LogP contribution in [0.5, 0.6) is 0 Å². The molecule has 0 spiro atoms. The van der Waals surface area contributed by atoms with E-state index >= 15 is 0 Å². The first kappa shape index (κ1) is 19.4. The summed E-state index contributed by atoms with van der Waals surface area (Å²) in [5.41, 5.74) is 1.84. The number of rotatable bonds is 4. The van der Waals surface area contributed by atoms with Crippen molar-refractivity contribution in [1.29, 1.82) is 0 Å². The lowest BCUT2D eigenvalue weighted by Gasteiger charge is -2.28. The lowest BCUT2D eigenvalue weighted by Crippen LogP contribution is -2.40. The second-order valence-corrected chi connectivity index (χ2v) is 9.68. The number of aryl methyl sites for hydroxylation is 1. The molecule has 0 radical (unpaired) electrons. The third-order valence-corrected chi connectivity index (χ3v) is 6.95. The van der Waals surface area contributed by atoms with Crippen molar-refractivity contribution in [3.05, 3.63) is 81.7 Å². The molecule has 0 saturated carbocycles. The van der Waals surface area contributed by atoms with Gasteiger partial charge in [-0.05, 0) is 31.0 Å². The van der Waals surface area contributed by atoms with Crippen LogP contribution in [0.3, 0.4) is 0 Å². The van der Waals surface area contributed by atoms with Crippen molar-refractivity contribution in [1.82, 2.24) is 4.90 Å². The molecule has 150 valence electrons. The first-order chi connectivity index (χ1) is 13.8. The fourth-order valence-corrected chi connectivity index (χ4v) is 5.42. The third kappa shape index (κ3) is 4.10. The van der Waals surface area contributed by atoms with Crippen molar-refractivity contribution in [2.45, 2.75) is 25.9 Å². The molecule has 1 saturated heterocycles. The first-order valence-corrected chi connectivity index (χ1v) is 11.2. The lowest BCUT2D eigenvalue weighted by molar-refractivity contribution is 0.0648. The van der Waals surface area contributed by atoms with Gasteiger partial charge in [0.15, 0.2) is 21.0 Å². The van der Waals surface area contributed by atoms with Gasteiger partial charge in [0.2, 0.25) is 0 Å². The summed E-state index contributed by atoms with van der Waals surface area (Å²) in [4.78, 5) is 27.4. The van der Waals surface area contributed by atoms with Crippen LogP contribution in [-0.2, 0) is 16.4 Å². The summed E-state index contributed by atoms with van der Waals surface area (Å²) in [6.07, 6.45) is 0.373. The number of amides is 1. The highest BCUT2D eigenvalue weighted by Crippen LogP contribution is 2.23. The summed E-state index contributed by atoms with van der Waals surface area (Å²) in [6, 6.07) is 15.3. The molecule has 1 atom stereocenters. The van der Waals surface area contributed by atoms with Crippen molar-refractivity contribution in [3.63, 3.8) is 0 Å². The number of benzene rings is 2. The average molecular weight is 411 g/mol.